The van der Waals surface area contributed by atoms with Gasteiger partial charge in [0.2, 0.25) is 0 Å². The van der Waals surface area contributed by atoms with Crippen LogP contribution >= 0.6 is 11.6 Å². The molecule has 1 saturated carbocycles. The molecule has 1 aliphatic heterocycles. The van der Waals surface area contributed by atoms with Gasteiger partial charge in [-0.15, -0.1) is 0 Å². The summed E-state index contributed by atoms with van der Waals surface area (Å²) in [5.41, 5.74) is 0.0895. The molecule has 2 fully saturated rings. The van der Waals surface area contributed by atoms with Crippen molar-refractivity contribution < 1.29 is 9.90 Å². The van der Waals surface area contributed by atoms with E-state index < -0.39 is 6.09 Å². The molecule has 1 aromatic rings. The summed E-state index contributed by atoms with van der Waals surface area (Å²) >= 11 is 5.74. The number of hydrogen-bond donors (Lipinski definition) is 1. The van der Waals surface area contributed by atoms with Gasteiger partial charge in [-0.25, -0.2) is 14.8 Å². The minimum absolute atomic E-state index is 0.0895. The number of carbonyl (C=O) groups is 1. The Labute approximate surface area is 103 Å². The number of nitrogens with zero attached hydrogens (tertiary/aromatic N) is 3. The first-order chi connectivity index (χ1) is 8.12. The first-order valence-electron chi connectivity index (χ1n) is 5.59. The van der Waals surface area contributed by atoms with Crippen LogP contribution in [0, 0.1) is 5.41 Å². The Morgan fingerprint density at radius 1 is 1.47 bits per heavy atom. The predicted octanol–water partition coefficient (Wildman–Crippen LogP) is 2.33. The predicted molar refractivity (Wildman–Crippen MR) is 60.8 cm³/mol. The SMILES string of the molecule is O=C(O)N1CC2(CCC2)C1c1ncc(Cl)cn1. The smallest absolute Gasteiger partial charge is 0.407 e. The van der Waals surface area contributed by atoms with Crippen LogP contribution in [0.2, 0.25) is 5.02 Å². The van der Waals surface area contributed by atoms with Gasteiger partial charge in [0.15, 0.2) is 5.82 Å². The fourth-order valence-electron chi connectivity index (χ4n) is 2.85. The van der Waals surface area contributed by atoms with Gasteiger partial charge in [-0.2, -0.15) is 0 Å². The van der Waals surface area contributed by atoms with Gasteiger partial charge < -0.3 is 5.11 Å². The number of amides is 1. The van der Waals surface area contributed by atoms with E-state index in [1.54, 1.807) is 0 Å². The molecule has 1 saturated heterocycles. The zero-order valence-electron chi connectivity index (χ0n) is 9.14. The highest BCUT2D eigenvalue weighted by atomic mass is 35.5. The highest BCUT2D eigenvalue weighted by Gasteiger charge is 2.59. The van der Waals surface area contributed by atoms with E-state index in [2.05, 4.69) is 9.97 Å². The second-order valence-electron chi connectivity index (χ2n) is 4.79. The van der Waals surface area contributed by atoms with E-state index in [1.165, 1.54) is 17.3 Å². The van der Waals surface area contributed by atoms with Crippen LogP contribution < -0.4 is 0 Å². The first kappa shape index (κ1) is 10.8. The minimum atomic E-state index is -0.897. The van der Waals surface area contributed by atoms with E-state index in [0.717, 1.165) is 19.3 Å². The first-order valence-corrected chi connectivity index (χ1v) is 5.97. The number of aromatic nitrogens is 2. The second-order valence-corrected chi connectivity index (χ2v) is 5.22. The monoisotopic (exact) mass is 253 g/mol. The third-order valence-electron chi connectivity index (χ3n) is 3.86. The highest BCUT2D eigenvalue weighted by Crippen LogP contribution is 2.59. The van der Waals surface area contributed by atoms with Crippen LogP contribution in [-0.2, 0) is 0 Å². The summed E-state index contributed by atoms with van der Waals surface area (Å²) < 4.78 is 0. The standard InChI is InChI=1S/C11H12ClN3O2/c12-7-4-13-9(14-5-7)8-11(2-1-3-11)6-15(8)10(16)17/h4-5,8H,1-3,6H2,(H,16,17). The summed E-state index contributed by atoms with van der Waals surface area (Å²) in [4.78, 5) is 20.8. The number of rotatable bonds is 1. The van der Waals surface area contributed by atoms with E-state index in [9.17, 15) is 4.79 Å². The van der Waals surface area contributed by atoms with Gasteiger partial charge in [0, 0.05) is 24.4 Å². The van der Waals surface area contributed by atoms with Crippen LogP contribution in [0.4, 0.5) is 4.79 Å². The minimum Gasteiger partial charge on any atom is -0.465 e. The van der Waals surface area contributed by atoms with Crippen LogP contribution in [0.3, 0.4) is 0 Å². The van der Waals surface area contributed by atoms with Gasteiger partial charge in [-0.1, -0.05) is 18.0 Å². The molecule has 3 rings (SSSR count). The molecule has 1 N–H and O–H groups in total. The molecule has 1 atom stereocenters. The molecule has 1 amide bonds. The normalized spacial score (nSPS) is 25.2. The van der Waals surface area contributed by atoms with E-state index in [4.69, 9.17) is 16.7 Å². The molecule has 0 radical (unpaired) electrons. The van der Waals surface area contributed by atoms with Crippen molar-refractivity contribution in [3.63, 3.8) is 0 Å². The quantitative estimate of drug-likeness (QED) is 0.834. The average Bonchev–Trinajstić information content (AvgIpc) is 2.17. The number of halogens is 1. The fourth-order valence-corrected chi connectivity index (χ4v) is 2.95. The van der Waals surface area contributed by atoms with Crippen LogP contribution in [0.15, 0.2) is 12.4 Å². The second kappa shape index (κ2) is 3.57. The summed E-state index contributed by atoms with van der Waals surface area (Å²) in [7, 11) is 0. The van der Waals surface area contributed by atoms with E-state index in [0.29, 0.717) is 17.4 Å². The summed E-state index contributed by atoms with van der Waals surface area (Å²) in [6.45, 7) is 0.610. The Morgan fingerprint density at radius 3 is 2.59 bits per heavy atom. The topological polar surface area (TPSA) is 66.3 Å². The van der Waals surface area contributed by atoms with Gasteiger partial charge in [0.25, 0.3) is 0 Å². The lowest BCUT2D eigenvalue weighted by Gasteiger charge is -2.60. The molecule has 90 valence electrons. The van der Waals surface area contributed by atoms with Crippen LogP contribution in [0.25, 0.3) is 0 Å². The molecular formula is C11H12ClN3O2. The molecular weight excluding hydrogens is 242 g/mol. The molecule has 0 bridgehead atoms. The maximum atomic E-state index is 11.1. The average molecular weight is 254 g/mol. The van der Waals surface area contributed by atoms with Gasteiger partial charge in [-0.3, -0.25) is 4.90 Å². The summed E-state index contributed by atoms with van der Waals surface area (Å²) in [5.74, 6) is 0.572. The number of likely N-dealkylation sites (tertiary alicyclic amines) is 1. The lowest BCUT2D eigenvalue weighted by Crippen LogP contribution is -2.63. The molecule has 1 unspecified atom stereocenters. The molecule has 1 aromatic heterocycles. The zero-order chi connectivity index (χ0) is 12.0. The number of hydrogen-bond acceptors (Lipinski definition) is 3. The van der Waals surface area contributed by atoms with Gasteiger partial charge in [0.05, 0.1) is 5.02 Å². The van der Waals surface area contributed by atoms with Crippen molar-refractivity contribution >= 4 is 17.7 Å². The molecule has 1 aliphatic carbocycles. The molecule has 17 heavy (non-hydrogen) atoms. The molecule has 2 aliphatic rings. The third kappa shape index (κ3) is 1.49. The van der Waals surface area contributed by atoms with Crippen LogP contribution in [0.1, 0.15) is 31.1 Å². The van der Waals surface area contributed by atoms with E-state index >= 15 is 0 Å². The van der Waals surface area contributed by atoms with Crippen molar-refractivity contribution in [1.82, 2.24) is 14.9 Å². The summed E-state index contributed by atoms with van der Waals surface area (Å²) in [5, 5.41) is 9.59. The van der Waals surface area contributed by atoms with Crippen molar-refractivity contribution in [1.29, 1.82) is 0 Å². The maximum Gasteiger partial charge on any atom is 0.407 e. The molecule has 1 spiro atoms. The van der Waals surface area contributed by atoms with Crippen molar-refractivity contribution in [2.45, 2.75) is 25.3 Å². The Bertz CT molecular complexity index is 458. The Hall–Kier alpha value is -1.36. The largest absolute Gasteiger partial charge is 0.465 e. The lowest BCUT2D eigenvalue weighted by molar-refractivity contribution is -0.113. The van der Waals surface area contributed by atoms with Crippen molar-refractivity contribution in [2.75, 3.05) is 6.54 Å². The van der Waals surface area contributed by atoms with Crippen molar-refractivity contribution in [2.24, 2.45) is 5.41 Å². The third-order valence-corrected chi connectivity index (χ3v) is 4.05. The zero-order valence-corrected chi connectivity index (χ0v) is 9.89. The number of carboxylic acid groups (broad SMARTS) is 1. The highest BCUT2D eigenvalue weighted by molar-refractivity contribution is 6.30. The van der Waals surface area contributed by atoms with Gasteiger partial charge in [0.1, 0.15) is 6.04 Å². The Morgan fingerprint density at radius 2 is 2.12 bits per heavy atom. The Kier molecular flexibility index (Phi) is 2.26. The van der Waals surface area contributed by atoms with Crippen LogP contribution in [0.5, 0.6) is 0 Å². The molecule has 0 aromatic carbocycles. The fraction of sp³-hybridized carbons (Fsp3) is 0.545. The molecule has 2 heterocycles. The maximum absolute atomic E-state index is 11.1. The lowest BCUT2D eigenvalue weighted by atomic mass is 9.58. The summed E-state index contributed by atoms with van der Waals surface area (Å²) in [6.07, 6.45) is 5.44. The molecule has 5 nitrogen and oxygen atoms in total. The van der Waals surface area contributed by atoms with Gasteiger partial charge in [-0.05, 0) is 12.8 Å². The van der Waals surface area contributed by atoms with Gasteiger partial charge >= 0.3 is 6.09 Å². The van der Waals surface area contributed by atoms with Crippen molar-refractivity contribution in [3.8, 4) is 0 Å². The Balaban J connectivity index is 1.91. The van der Waals surface area contributed by atoms with E-state index in [1.807, 2.05) is 0 Å². The van der Waals surface area contributed by atoms with Crippen molar-refractivity contribution in [3.05, 3.63) is 23.2 Å². The van der Waals surface area contributed by atoms with E-state index in [-0.39, 0.29) is 11.5 Å². The van der Waals surface area contributed by atoms with Crippen LogP contribution in [-0.4, -0.2) is 32.6 Å². The summed E-state index contributed by atoms with van der Waals surface area (Å²) in [6, 6.07) is -0.189. The molecule has 6 heteroatoms.